The van der Waals surface area contributed by atoms with Gasteiger partial charge in [0.05, 0.1) is 6.42 Å². The van der Waals surface area contributed by atoms with Gasteiger partial charge in [-0.25, -0.2) is 13.8 Å². The van der Waals surface area contributed by atoms with E-state index in [1.165, 1.54) is 6.20 Å². The Kier molecular flexibility index (Phi) is 4.15. The van der Waals surface area contributed by atoms with Crippen molar-refractivity contribution in [3.63, 3.8) is 0 Å². The summed E-state index contributed by atoms with van der Waals surface area (Å²) in [6.45, 7) is 1.87. The Labute approximate surface area is 86.7 Å². The van der Waals surface area contributed by atoms with Crippen molar-refractivity contribution in [1.82, 2.24) is 9.97 Å². The fourth-order valence-corrected chi connectivity index (χ4v) is 1.03. The Morgan fingerprint density at radius 3 is 3.00 bits per heavy atom. The van der Waals surface area contributed by atoms with Crippen molar-refractivity contribution in [1.29, 1.82) is 5.41 Å². The van der Waals surface area contributed by atoms with E-state index in [-0.39, 0.29) is 6.42 Å². The summed E-state index contributed by atoms with van der Waals surface area (Å²) in [5.41, 5.74) is 0.884. The van der Waals surface area contributed by atoms with Crippen molar-refractivity contribution in [2.45, 2.75) is 26.2 Å². The molecule has 1 heterocycles. The van der Waals surface area contributed by atoms with E-state index in [4.69, 9.17) is 5.41 Å². The van der Waals surface area contributed by atoms with Gasteiger partial charge in [-0.05, 0) is 18.6 Å². The van der Waals surface area contributed by atoms with Crippen LogP contribution in [0.25, 0.3) is 6.08 Å². The zero-order valence-corrected chi connectivity index (χ0v) is 8.43. The number of rotatable bonds is 5. The highest BCUT2D eigenvalue weighted by Crippen LogP contribution is 2.06. The maximum absolute atomic E-state index is 12.0. The summed E-state index contributed by atoms with van der Waals surface area (Å²) in [7, 11) is 0. The van der Waals surface area contributed by atoms with Crippen LogP contribution in [0.2, 0.25) is 0 Å². The van der Waals surface area contributed by atoms with Crippen molar-refractivity contribution in [3.05, 3.63) is 23.8 Å². The summed E-state index contributed by atoms with van der Waals surface area (Å²) in [5.74, 6) is 0.504. The lowest BCUT2D eigenvalue weighted by Gasteiger charge is -1.93. The number of alkyl halides is 2. The normalized spacial score (nSPS) is 11.5. The number of allylic oxidation sites excluding steroid dienone is 1. The monoisotopic (exact) mass is 213 g/mol. The molecule has 0 saturated carbocycles. The number of imidazole rings is 1. The van der Waals surface area contributed by atoms with E-state index in [1.807, 2.05) is 6.92 Å². The third-order valence-electron chi connectivity index (χ3n) is 1.85. The fraction of sp³-hybridized carbons (Fsp3) is 0.400. The summed E-state index contributed by atoms with van der Waals surface area (Å²) in [4.78, 5) is 6.65. The smallest absolute Gasteiger partial charge is 0.244 e. The van der Waals surface area contributed by atoms with E-state index in [2.05, 4.69) is 9.97 Å². The van der Waals surface area contributed by atoms with E-state index in [9.17, 15) is 8.78 Å². The Bertz CT molecular complexity index is 355. The molecule has 1 aromatic rings. The number of nitrogens with one attached hydrogen (secondary N) is 2. The average Bonchev–Trinajstić information content (AvgIpc) is 2.61. The highest BCUT2D eigenvalue weighted by molar-refractivity contribution is 5.95. The van der Waals surface area contributed by atoms with Crippen molar-refractivity contribution >= 4 is 11.8 Å². The summed E-state index contributed by atoms with van der Waals surface area (Å²) in [6, 6.07) is 0. The first-order valence-electron chi connectivity index (χ1n) is 4.69. The molecule has 0 amide bonds. The van der Waals surface area contributed by atoms with Gasteiger partial charge in [0.1, 0.15) is 5.82 Å². The quantitative estimate of drug-likeness (QED) is 0.726. The van der Waals surface area contributed by atoms with Gasteiger partial charge in [0.15, 0.2) is 0 Å². The standard InChI is InChI=1S/C10H13F2N3/c1-2-7(13)3-4-10-14-6-8(15-10)5-9(11)12/h3-4,6,9,13H,2,5H2,1H3,(H,14,15)/b4-3-,13-7?. The van der Waals surface area contributed by atoms with Crippen LogP contribution < -0.4 is 0 Å². The zero-order chi connectivity index (χ0) is 11.3. The minimum absolute atomic E-state index is 0.313. The number of hydrogen-bond donors (Lipinski definition) is 2. The Hall–Kier alpha value is -1.52. The molecule has 5 heteroatoms. The van der Waals surface area contributed by atoms with Crippen LogP contribution in [-0.2, 0) is 6.42 Å². The van der Waals surface area contributed by atoms with E-state index < -0.39 is 6.43 Å². The molecular weight excluding hydrogens is 200 g/mol. The molecule has 0 aliphatic rings. The largest absolute Gasteiger partial charge is 0.342 e. The molecule has 0 fully saturated rings. The maximum Gasteiger partial charge on any atom is 0.244 e. The molecular formula is C10H13F2N3. The second-order valence-corrected chi connectivity index (χ2v) is 3.10. The van der Waals surface area contributed by atoms with Crippen LogP contribution in [0.15, 0.2) is 12.3 Å². The van der Waals surface area contributed by atoms with Crippen molar-refractivity contribution < 1.29 is 8.78 Å². The highest BCUT2D eigenvalue weighted by Gasteiger charge is 2.06. The van der Waals surface area contributed by atoms with Gasteiger partial charge < -0.3 is 10.4 Å². The third-order valence-corrected chi connectivity index (χ3v) is 1.85. The molecule has 0 atom stereocenters. The fourth-order valence-electron chi connectivity index (χ4n) is 1.03. The number of aromatic nitrogens is 2. The lowest BCUT2D eigenvalue weighted by Crippen LogP contribution is -1.96. The van der Waals surface area contributed by atoms with Crippen LogP contribution in [0.3, 0.4) is 0 Å². The van der Waals surface area contributed by atoms with Crippen LogP contribution in [0, 0.1) is 5.41 Å². The molecule has 1 aromatic heterocycles. The topological polar surface area (TPSA) is 52.5 Å². The minimum atomic E-state index is -2.36. The molecule has 0 radical (unpaired) electrons. The van der Waals surface area contributed by atoms with E-state index in [0.29, 0.717) is 23.7 Å². The number of halogens is 2. The summed E-state index contributed by atoms with van der Waals surface area (Å²) in [5, 5.41) is 7.36. The molecule has 0 aliphatic carbocycles. The van der Waals surface area contributed by atoms with Gasteiger partial charge in [0, 0.05) is 17.6 Å². The van der Waals surface area contributed by atoms with Gasteiger partial charge in [-0.2, -0.15) is 0 Å². The molecule has 0 spiro atoms. The van der Waals surface area contributed by atoms with Crippen molar-refractivity contribution in [2.24, 2.45) is 0 Å². The van der Waals surface area contributed by atoms with E-state index in [1.54, 1.807) is 12.2 Å². The molecule has 0 bridgehead atoms. The molecule has 15 heavy (non-hydrogen) atoms. The molecule has 82 valence electrons. The lowest BCUT2D eigenvalue weighted by molar-refractivity contribution is 0.148. The van der Waals surface area contributed by atoms with Gasteiger partial charge in [-0.15, -0.1) is 0 Å². The van der Waals surface area contributed by atoms with Gasteiger partial charge >= 0.3 is 0 Å². The first-order chi connectivity index (χ1) is 7.11. The average molecular weight is 213 g/mol. The summed E-state index contributed by atoms with van der Waals surface area (Å²) < 4.78 is 24.0. The highest BCUT2D eigenvalue weighted by atomic mass is 19.3. The molecule has 0 unspecified atom stereocenters. The van der Waals surface area contributed by atoms with E-state index in [0.717, 1.165) is 0 Å². The Morgan fingerprint density at radius 2 is 2.40 bits per heavy atom. The second-order valence-electron chi connectivity index (χ2n) is 3.10. The van der Waals surface area contributed by atoms with Crippen LogP contribution in [0.1, 0.15) is 24.9 Å². The lowest BCUT2D eigenvalue weighted by atomic mass is 10.3. The second kappa shape index (κ2) is 5.38. The molecule has 0 aromatic carbocycles. The number of H-pyrrole nitrogens is 1. The Morgan fingerprint density at radius 1 is 1.67 bits per heavy atom. The predicted octanol–water partition coefficient (Wildman–Crippen LogP) is 2.66. The maximum atomic E-state index is 12.0. The van der Waals surface area contributed by atoms with E-state index >= 15 is 0 Å². The Balaban J connectivity index is 2.60. The molecule has 0 saturated heterocycles. The summed E-state index contributed by atoms with van der Waals surface area (Å²) >= 11 is 0. The minimum Gasteiger partial charge on any atom is -0.342 e. The van der Waals surface area contributed by atoms with Crippen LogP contribution in [-0.4, -0.2) is 22.1 Å². The van der Waals surface area contributed by atoms with Crippen LogP contribution in [0.5, 0.6) is 0 Å². The van der Waals surface area contributed by atoms with Crippen LogP contribution in [0.4, 0.5) is 8.78 Å². The number of aromatic amines is 1. The number of hydrogen-bond acceptors (Lipinski definition) is 2. The summed E-state index contributed by atoms with van der Waals surface area (Å²) in [6.07, 6.45) is 2.57. The van der Waals surface area contributed by atoms with Crippen molar-refractivity contribution in [2.75, 3.05) is 0 Å². The third kappa shape index (κ3) is 4.01. The van der Waals surface area contributed by atoms with Gasteiger partial charge in [0.25, 0.3) is 0 Å². The zero-order valence-electron chi connectivity index (χ0n) is 8.43. The van der Waals surface area contributed by atoms with Gasteiger partial charge in [-0.1, -0.05) is 6.92 Å². The molecule has 1 rings (SSSR count). The van der Waals surface area contributed by atoms with Crippen LogP contribution >= 0.6 is 0 Å². The number of nitrogens with zero attached hydrogens (tertiary/aromatic N) is 1. The molecule has 0 aliphatic heterocycles. The SMILES string of the molecule is CCC(=N)/C=C\c1ncc(CC(F)F)[nH]1. The first-order valence-corrected chi connectivity index (χ1v) is 4.69. The predicted molar refractivity (Wildman–Crippen MR) is 55.3 cm³/mol. The van der Waals surface area contributed by atoms with Crippen molar-refractivity contribution in [3.8, 4) is 0 Å². The molecule has 3 nitrogen and oxygen atoms in total. The van der Waals surface area contributed by atoms with Gasteiger partial charge in [-0.3, -0.25) is 0 Å². The first kappa shape index (κ1) is 11.6. The molecule has 2 N–H and O–H groups in total. The van der Waals surface area contributed by atoms with Gasteiger partial charge in [0.2, 0.25) is 6.43 Å².